The van der Waals surface area contributed by atoms with Crippen LogP contribution in [0.5, 0.6) is 0 Å². The molecule has 0 aliphatic carbocycles. The molecule has 3 nitrogen and oxygen atoms in total. The molecule has 1 fully saturated rings. The molecule has 1 heterocycles. The van der Waals surface area contributed by atoms with Crippen molar-refractivity contribution < 1.29 is 17.9 Å². The number of ether oxygens (including phenoxy) is 1. The van der Waals surface area contributed by atoms with Gasteiger partial charge in [0, 0.05) is 18.6 Å². The lowest BCUT2D eigenvalue weighted by Gasteiger charge is -2.38. The Labute approximate surface area is 121 Å². The van der Waals surface area contributed by atoms with E-state index < -0.39 is 11.7 Å². The van der Waals surface area contributed by atoms with Crippen LogP contribution in [0.1, 0.15) is 30.5 Å². The van der Waals surface area contributed by atoms with Gasteiger partial charge in [0.05, 0.1) is 30.4 Å². The van der Waals surface area contributed by atoms with Crippen LogP contribution in [0, 0.1) is 11.3 Å². The molecule has 0 radical (unpaired) electrons. The average molecular weight is 298 g/mol. The van der Waals surface area contributed by atoms with Crippen molar-refractivity contribution in [3.05, 3.63) is 34.9 Å². The van der Waals surface area contributed by atoms with Gasteiger partial charge in [-0.05, 0) is 31.5 Å². The summed E-state index contributed by atoms with van der Waals surface area (Å²) < 4.78 is 43.5. The van der Waals surface area contributed by atoms with Crippen LogP contribution in [0.25, 0.3) is 0 Å². The van der Waals surface area contributed by atoms with Crippen molar-refractivity contribution in [3.8, 4) is 6.07 Å². The van der Waals surface area contributed by atoms with E-state index in [9.17, 15) is 13.2 Å². The summed E-state index contributed by atoms with van der Waals surface area (Å²) in [7, 11) is 0. The fourth-order valence-electron chi connectivity index (χ4n) is 2.54. The molecule has 1 aliphatic rings. The number of alkyl halides is 3. The molecule has 2 rings (SSSR count). The smallest absolute Gasteiger partial charge is 0.378 e. The summed E-state index contributed by atoms with van der Waals surface area (Å²) in [5, 5.41) is 9.11. The first-order valence-corrected chi connectivity index (χ1v) is 6.76. The Morgan fingerprint density at radius 3 is 2.43 bits per heavy atom. The van der Waals surface area contributed by atoms with Gasteiger partial charge in [-0.15, -0.1) is 0 Å². The average Bonchev–Trinajstić information content (AvgIpc) is 2.42. The first-order valence-electron chi connectivity index (χ1n) is 6.76. The molecule has 1 aromatic rings. The molecule has 0 N–H and O–H groups in total. The Morgan fingerprint density at radius 2 is 1.90 bits per heavy atom. The summed E-state index contributed by atoms with van der Waals surface area (Å²) in [4.78, 5) is 2.15. The highest BCUT2D eigenvalue weighted by Gasteiger charge is 2.32. The van der Waals surface area contributed by atoms with Crippen LogP contribution in [0.4, 0.5) is 13.2 Å². The molecule has 0 saturated carbocycles. The van der Waals surface area contributed by atoms with Crippen LogP contribution < -0.4 is 0 Å². The predicted molar refractivity (Wildman–Crippen MR) is 71.4 cm³/mol. The monoisotopic (exact) mass is 298 g/mol. The van der Waals surface area contributed by atoms with Gasteiger partial charge in [-0.2, -0.15) is 18.4 Å². The minimum Gasteiger partial charge on any atom is -0.378 e. The van der Waals surface area contributed by atoms with Gasteiger partial charge >= 0.3 is 6.18 Å². The molecule has 0 spiro atoms. The quantitative estimate of drug-likeness (QED) is 0.841. The summed E-state index contributed by atoms with van der Waals surface area (Å²) in [6, 6.07) is 5.56. The van der Waals surface area contributed by atoms with E-state index in [2.05, 4.69) is 4.90 Å². The van der Waals surface area contributed by atoms with Crippen molar-refractivity contribution in [2.75, 3.05) is 13.2 Å². The van der Waals surface area contributed by atoms with Gasteiger partial charge < -0.3 is 4.74 Å². The van der Waals surface area contributed by atoms with Gasteiger partial charge in [-0.25, -0.2) is 0 Å². The van der Waals surface area contributed by atoms with Crippen molar-refractivity contribution in [2.45, 2.75) is 38.7 Å². The van der Waals surface area contributed by atoms with Gasteiger partial charge in [-0.3, -0.25) is 4.90 Å². The fraction of sp³-hybridized carbons (Fsp3) is 0.533. The zero-order valence-electron chi connectivity index (χ0n) is 11.9. The molecule has 6 heteroatoms. The molecule has 0 amide bonds. The van der Waals surface area contributed by atoms with E-state index in [-0.39, 0.29) is 17.6 Å². The van der Waals surface area contributed by atoms with Crippen LogP contribution >= 0.6 is 0 Å². The third-order valence-corrected chi connectivity index (χ3v) is 3.76. The first kappa shape index (κ1) is 15.8. The van der Waals surface area contributed by atoms with E-state index in [1.165, 1.54) is 6.07 Å². The maximum Gasteiger partial charge on any atom is 0.416 e. The van der Waals surface area contributed by atoms with E-state index >= 15 is 0 Å². The Kier molecular flexibility index (Phi) is 4.55. The minimum atomic E-state index is -4.43. The zero-order valence-corrected chi connectivity index (χ0v) is 11.9. The lowest BCUT2D eigenvalue weighted by atomic mass is 10.0. The number of hydrogen-bond acceptors (Lipinski definition) is 3. The lowest BCUT2D eigenvalue weighted by molar-refractivity contribution is -0.137. The lowest BCUT2D eigenvalue weighted by Crippen LogP contribution is -2.48. The summed E-state index contributed by atoms with van der Waals surface area (Å²) in [6.45, 7) is 5.64. The second-order valence-corrected chi connectivity index (χ2v) is 5.39. The highest BCUT2D eigenvalue weighted by Crippen LogP contribution is 2.31. The van der Waals surface area contributed by atoms with Crippen LogP contribution in [0.3, 0.4) is 0 Å². The van der Waals surface area contributed by atoms with E-state index in [0.29, 0.717) is 25.3 Å². The molecule has 0 bridgehead atoms. The van der Waals surface area contributed by atoms with Crippen LogP contribution in [0.2, 0.25) is 0 Å². The number of nitriles is 1. The molecular weight excluding hydrogens is 281 g/mol. The fourth-order valence-corrected chi connectivity index (χ4v) is 2.54. The van der Waals surface area contributed by atoms with Crippen molar-refractivity contribution in [1.82, 2.24) is 4.90 Å². The third kappa shape index (κ3) is 3.55. The Morgan fingerprint density at radius 1 is 1.29 bits per heavy atom. The second kappa shape index (κ2) is 6.04. The zero-order chi connectivity index (χ0) is 15.6. The number of nitrogens with zero attached hydrogens (tertiary/aromatic N) is 2. The van der Waals surface area contributed by atoms with E-state index in [4.69, 9.17) is 10.00 Å². The molecule has 2 unspecified atom stereocenters. The van der Waals surface area contributed by atoms with Crippen molar-refractivity contribution in [3.63, 3.8) is 0 Å². The molecule has 1 aliphatic heterocycles. The predicted octanol–water partition coefficient (Wildman–Crippen LogP) is 3.19. The molecule has 0 aromatic heterocycles. The normalized spacial score (nSPS) is 23.8. The van der Waals surface area contributed by atoms with Gasteiger partial charge in [0.25, 0.3) is 0 Å². The van der Waals surface area contributed by atoms with Gasteiger partial charge in [0.2, 0.25) is 0 Å². The van der Waals surface area contributed by atoms with Crippen molar-refractivity contribution in [1.29, 1.82) is 5.26 Å². The maximum atomic E-state index is 12.7. The number of hydrogen-bond donors (Lipinski definition) is 0. The van der Waals surface area contributed by atoms with Crippen molar-refractivity contribution in [2.24, 2.45) is 0 Å². The number of benzene rings is 1. The summed E-state index contributed by atoms with van der Waals surface area (Å²) in [5.74, 6) is 0. The number of morpholine rings is 1. The number of halogens is 3. The Hall–Kier alpha value is -1.58. The SMILES string of the molecule is CC1COCC(C)N1Cc1ccc(C(F)(F)F)cc1C#N. The molecule has 2 atom stereocenters. The highest BCUT2D eigenvalue weighted by atomic mass is 19.4. The standard InChI is InChI=1S/C15H17F3N2O/c1-10-8-21-9-11(2)20(10)7-12-3-4-14(15(16,17)18)5-13(12)6-19/h3-5,10-11H,7-9H2,1-2H3. The first-order chi connectivity index (χ1) is 9.82. The Bertz CT molecular complexity index is 541. The van der Waals surface area contributed by atoms with Gasteiger partial charge in [-0.1, -0.05) is 6.07 Å². The minimum absolute atomic E-state index is 0.0794. The molecule has 1 saturated heterocycles. The van der Waals surface area contributed by atoms with Gasteiger partial charge in [0.1, 0.15) is 0 Å². The largest absolute Gasteiger partial charge is 0.416 e. The van der Waals surface area contributed by atoms with Crippen molar-refractivity contribution >= 4 is 0 Å². The third-order valence-electron chi connectivity index (χ3n) is 3.76. The van der Waals surface area contributed by atoms with E-state index in [1.807, 2.05) is 19.9 Å². The topological polar surface area (TPSA) is 36.3 Å². The van der Waals surface area contributed by atoms with Crippen LogP contribution in [0.15, 0.2) is 18.2 Å². The van der Waals surface area contributed by atoms with Gasteiger partial charge in [0.15, 0.2) is 0 Å². The second-order valence-electron chi connectivity index (χ2n) is 5.39. The van der Waals surface area contributed by atoms with Crippen LogP contribution in [-0.2, 0) is 17.5 Å². The molecular formula is C15H17F3N2O. The molecule has 114 valence electrons. The summed E-state index contributed by atoms with van der Waals surface area (Å²) in [6.07, 6.45) is -4.43. The van der Waals surface area contributed by atoms with Crippen LogP contribution in [-0.4, -0.2) is 30.2 Å². The highest BCUT2D eigenvalue weighted by molar-refractivity contribution is 5.41. The Balaban J connectivity index is 2.26. The summed E-state index contributed by atoms with van der Waals surface area (Å²) in [5.41, 5.74) is -0.0901. The summed E-state index contributed by atoms with van der Waals surface area (Å²) >= 11 is 0. The maximum absolute atomic E-state index is 12.7. The van der Waals surface area contributed by atoms with E-state index in [1.54, 1.807) is 0 Å². The number of rotatable bonds is 2. The van der Waals surface area contributed by atoms with E-state index in [0.717, 1.165) is 12.1 Å². The molecule has 1 aromatic carbocycles. The molecule has 21 heavy (non-hydrogen) atoms.